The van der Waals surface area contributed by atoms with Gasteiger partial charge in [0.1, 0.15) is 11.3 Å². The molecule has 2 N–H and O–H groups in total. The molecule has 0 fully saturated rings. The highest BCUT2D eigenvalue weighted by Gasteiger charge is 2.34. The summed E-state index contributed by atoms with van der Waals surface area (Å²) in [5, 5.41) is 0. The van der Waals surface area contributed by atoms with Crippen LogP contribution in [0.15, 0.2) is 6.20 Å². The normalized spacial score (nSPS) is 11.1. The molecule has 0 saturated carbocycles. The van der Waals surface area contributed by atoms with Gasteiger partial charge >= 0.3 is 12.3 Å². The molecule has 0 aliphatic rings. The second-order valence-corrected chi connectivity index (χ2v) is 3.23. The lowest BCUT2D eigenvalue weighted by atomic mass is 10.1. The first-order valence-corrected chi connectivity index (χ1v) is 4.94. The van der Waals surface area contributed by atoms with Crippen molar-refractivity contribution < 1.29 is 32.2 Å². The number of nitrogens with zero attached hydrogens (tertiary/aromatic N) is 1. The van der Waals surface area contributed by atoms with E-state index in [9.17, 15) is 18.0 Å². The van der Waals surface area contributed by atoms with Crippen LogP contribution in [-0.2, 0) is 11.3 Å². The maximum absolute atomic E-state index is 12.2. The van der Waals surface area contributed by atoms with E-state index in [1.54, 1.807) is 0 Å². The highest BCUT2D eigenvalue weighted by Crippen LogP contribution is 2.33. The van der Waals surface area contributed by atoms with Crippen LogP contribution in [0.3, 0.4) is 0 Å². The predicted molar refractivity (Wildman–Crippen MR) is 56.7 cm³/mol. The Morgan fingerprint density at radius 1 is 1.42 bits per heavy atom. The second-order valence-electron chi connectivity index (χ2n) is 3.23. The highest BCUT2D eigenvalue weighted by atomic mass is 19.4. The fourth-order valence-electron chi connectivity index (χ4n) is 1.39. The van der Waals surface area contributed by atoms with Crippen molar-refractivity contribution in [2.45, 2.75) is 12.9 Å². The van der Waals surface area contributed by atoms with E-state index in [1.807, 2.05) is 0 Å². The summed E-state index contributed by atoms with van der Waals surface area (Å²) in [6.07, 6.45) is -4.06. The Hall–Kier alpha value is -2.03. The van der Waals surface area contributed by atoms with E-state index in [1.165, 1.54) is 7.11 Å². The molecule has 106 valence electrons. The van der Waals surface area contributed by atoms with Crippen LogP contribution in [0, 0.1) is 0 Å². The van der Waals surface area contributed by atoms with Gasteiger partial charge in [-0.1, -0.05) is 0 Å². The maximum atomic E-state index is 12.2. The molecule has 9 heteroatoms. The van der Waals surface area contributed by atoms with Gasteiger partial charge in [0, 0.05) is 12.7 Å². The van der Waals surface area contributed by atoms with Crippen LogP contribution in [0.5, 0.6) is 11.6 Å². The monoisotopic (exact) mass is 280 g/mol. The minimum Gasteiger partial charge on any atom is -0.495 e. The number of rotatable bonds is 4. The van der Waals surface area contributed by atoms with Gasteiger partial charge < -0.3 is 19.9 Å². The molecule has 0 radical (unpaired) electrons. The van der Waals surface area contributed by atoms with Crippen molar-refractivity contribution in [2.24, 2.45) is 5.73 Å². The molecule has 1 rings (SSSR count). The van der Waals surface area contributed by atoms with Crippen molar-refractivity contribution in [1.29, 1.82) is 0 Å². The third-order valence-corrected chi connectivity index (χ3v) is 2.11. The van der Waals surface area contributed by atoms with E-state index in [0.29, 0.717) is 0 Å². The number of halogens is 3. The van der Waals surface area contributed by atoms with Crippen molar-refractivity contribution >= 4 is 5.97 Å². The quantitative estimate of drug-likeness (QED) is 0.835. The van der Waals surface area contributed by atoms with E-state index < -0.39 is 18.2 Å². The predicted octanol–water partition coefficient (Wildman–Crippen LogP) is 1.23. The number of pyridine rings is 1. The molecule has 1 heterocycles. The van der Waals surface area contributed by atoms with Gasteiger partial charge in [-0.2, -0.15) is 0 Å². The van der Waals surface area contributed by atoms with Crippen molar-refractivity contribution in [1.82, 2.24) is 4.98 Å². The molecule has 0 aromatic carbocycles. The molecule has 0 amide bonds. The first-order valence-electron chi connectivity index (χ1n) is 4.94. The highest BCUT2D eigenvalue weighted by molar-refractivity contribution is 5.92. The van der Waals surface area contributed by atoms with Gasteiger partial charge in [0.2, 0.25) is 5.88 Å². The van der Waals surface area contributed by atoms with Crippen molar-refractivity contribution in [2.75, 3.05) is 14.2 Å². The van der Waals surface area contributed by atoms with Gasteiger partial charge in [0.05, 0.1) is 19.8 Å². The summed E-state index contributed by atoms with van der Waals surface area (Å²) in [5.74, 6) is -1.74. The molecule has 6 nitrogen and oxygen atoms in total. The Kier molecular flexibility index (Phi) is 4.54. The van der Waals surface area contributed by atoms with E-state index >= 15 is 0 Å². The molecule has 1 aromatic heterocycles. The lowest BCUT2D eigenvalue weighted by Gasteiger charge is -2.15. The number of aromatic nitrogens is 1. The zero-order chi connectivity index (χ0) is 14.6. The van der Waals surface area contributed by atoms with Crippen LogP contribution >= 0.6 is 0 Å². The van der Waals surface area contributed by atoms with Gasteiger partial charge in [-0.15, -0.1) is 13.2 Å². The van der Waals surface area contributed by atoms with Crippen LogP contribution < -0.4 is 15.2 Å². The van der Waals surface area contributed by atoms with Gasteiger partial charge in [0.15, 0.2) is 0 Å². The van der Waals surface area contributed by atoms with Crippen LogP contribution in [0.1, 0.15) is 15.9 Å². The molecule has 0 spiro atoms. The third kappa shape index (κ3) is 3.47. The average Bonchev–Trinajstić information content (AvgIpc) is 2.35. The zero-order valence-electron chi connectivity index (χ0n) is 10.1. The van der Waals surface area contributed by atoms with Crippen molar-refractivity contribution in [3.8, 4) is 11.6 Å². The molecule has 19 heavy (non-hydrogen) atoms. The number of carbonyl (C=O) groups is 1. The first-order chi connectivity index (χ1) is 8.84. The van der Waals surface area contributed by atoms with Gasteiger partial charge in [-0.25, -0.2) is 9.78 Å². The SMILES string of the molecule is COC(=O)c1cnc(OC(F)(F)F)c(CN)c1OC. The van der Waals surface area contributed by atoms with E-state index in [0.717, 1.165) is 13.3 Å². The van der Waals surface area contributed by atoms with Crippen LogP contribution in [-0.4, -0.2) is 31.5 Å². The molecular formula is C10H11F3N2O4. The minimum atomic E-state index is -4.92. The zero-order valence-corrected chi connectivity index (χ0v) is 10.1. The summed E-state index contributed by atoms with van der Waals surface area (Å²) >= 11 is 0. The number of esters is 1. The number of hydrogen-bond donors (Lipinski definition) is 1. The number of carbonyl (C=O) groups excluding carboxylic acids is 1. The first kappa shape index (κ1) is 15.0. The van der Waals surface area contributed by atoms with Crippen LogP contribution in [0.2, 0.25) is 0 Å². The Morgan fingerprint density at radius 2 is 2.05 bits per heavy atom. The summed E-state index contributed by atoms with van der Waals surface area (Å²) < 4.78 is 49.6. The maximum Gasteiger partial charge on any atom is 0.574 e. The Bertz CT molecular complexity index is 477. The number of hydrogen-bond acceptors (Lipinski definition) is 6. The topological polar surface area (TPSA) is 83.7 Å². The molecule has 0 unspecified atom stereocenters. The lowest BCUT2D eigenvalue weighted by Crippen LogP contribution is -2.21. The molecule has 0 atom stereocenters. The lowest BCUT2D eigenvalue weighted by molar-refractivity contribution is -0.276. The van der Waals surface area contributed by atoms with Gasteiger partial charge in [0.25, 0.3) is 0 Å². The summed E-state index contributed by atoms with van der Waals surface area (Å²) in [6.45, 7) is -0.355. The van der Waals surface area contributed by atoms with E-state index in [4.69, 9.17) is 10.5 Å². The van der Waals surface area contributed by atoms with E-state index in [2.05, 4.69) is 14.5 Å². The Morgan fingerprint density at radius 3 is 2.47 bits per heavy atom. The summed E-state index contributed by atoms with van der Waals surface area (Å²) in [7, 11) is 2.29. The smallest absolute Gasteiger partial charge is 0.495 e. The standard InChI is InChI=1S/C10H11F3N2O4/c1-17-7-5(3-14)8(19-10(11,12)13)15-4-6(7)9(16)18-2/h4H,3,14H2,1-2H3. The molecule has 1 aromatic rings. The third-order valence-electron chi connectivity index (χ3n) is 2.11. The largest absolute Gasteiger partial charge is 0.574 e. The van der Waals surface area contributed by atoms with Crippen molar-refractivity contribution in [3.05, 3.63) is 17.3 Å². The van der Waals surface area contributed by atoms with Crippen LogP contribution in [0.25, 0.3) is 0 Å². The number of methoxy groups -OCH3 is 2. The summed E-state index contributed by atoms with van der Waals surface area (Å²) in [6, 6.07) is 0. The summed E-state index contributed by atoms with van der Waals surface area (Å²) in [5.41, 5.74) is 5.02. The Balaban J connectivity index is 3.34. The number of nitrogens with two attached hydrogens (primary N) is 1. The Labute approximate surface area is 106 Å². The second kappa shape index (κ2) is 5.74. The molecule has 0 bridgehead atoms. The van der Waals surface area contributed by atoms with Crippen LogP contribution in [0.4, 0.5) is 13.2 Å². The number of ether oxygens (including phenoxy) is 3. The molecule has 0 aliphatic heterocycles. The molecular weight excluding hydrogens is 269 g/mol. The van der Waals surface area contributed by atoms with E-state index in [-0.39, 0.29) is 23.4 Å². The van der Waals surface area contributed by atoms with Crippen molar-refractivity contribution in [3.63, 3.8) is 0 Å². The number of alkyl halides is 3. The summed E-state index contributed by atoms with van der Waals surface area (Å²) in [4.78, 5) is 14.8. The molecule has 0 aliphatic carbocycles. The molecule has 0 saturated heterocycles. The minimum absolute atomic E-state index is 0.139. The van der Waals surface area contributed by atoms with Gasteiger partial charge in [-0.3, -0.25) is 0 Å². The fraction of sp³-hybridized carbons (Fsp3) is 0.400. The average molecular weight is 280 g/mol. The fourth-order valence-corrected chi connectivity index (χ4v) is 1.39. The van der Waals surface area contributed by atoms with Gasteiger partial charge in [-0.05, 0) is 0 Å².